The molecule has 4 rings (SSSR count). The number of benzene rings is 2. The van der Waals surface area contributed by atoms with Gasteiger partial charge in [0, 0.05) is 19.1 Å². The fraction of sp³-hybridized carbons (Fsp3) is 0.467. The van der Waals surface area contributed by atoms with Crippen molar-refractivity contribution in [2.45, 2.75) is 62.4 Å². The minimum Gasteiger partial charge on any atom is -0.362 e. The Morgan fingerprint density at radius 2 is 1.73 bits per heavy atom. The second kappa shape index (κ2) is 14.0. The highest BCUT2D eigenvalue weighted by Gasteiger charge is 2.60. The highest BCUT2D eigenvalue weighted by molar-refractivity contribution is 5.18. The first-order valence-electron chi connectivity index (χ1n) is 12.8. The molecule has 2 saturated heterocycles. The lowest BCUT2D eigenvalue weighted by atomic mass is 9.82. The molecular formula is C30H38O7. The Morgan fingerprint density at radius 3 is 2.43 bits per heavy atom. The third-order valence-electron chi connectivity index (χ3n) is 6.61. The monoisotopic (exact) mass is 510 g/mol. The van der Waals surface area contributed by atoms with E-state index in [9.17, 15) is 0 Å². The summed E-state index contributed by atoms with van der Waals surface area (Å²) < 4.78 is 43.9. The van der Waals surface area contributed by atoms with E-state index in [2.05, 4.69) is 13.2 Å². The number of hydrogen-bond acceptors (Lipinski definition) is 7. The van der Waals surface area contributed by atoms with E-state index in [1.807, 2.05) is 72.8 Å². The Morgan fingerprint density at radius 1 is 0.973 bits per heavy atom. The third kappa shape index (κ3) is 6.75. The fourth-order valence-corrected chi connectivity index (χ4v) is 4.82. The Kier molecular flexibility index (Phi) is 10.5. The predicted molar refractivity (Wildman–Crippen MR) is 140 cm³/mol. The lowest BCUT2D eigenvalue weighted by Crippen LogP contribution is -2.70. The van der Waals surface area contributed by atoms with Gasteiger partial charge >= 0.3 is 0 Å². The van der Waals surface area contributed by atoms with Gasteiger partial charge in [0.1, 0.15) is 25.1 Å². The molecule has 0 unspecified atom stereocenters. The van der Waals surface area contributed by atoms with Crippen LogP contribution in [0.2, 0.25) is 0 Å². The van der Waals surface area contributed by atoms with Gasteiger partial charge in [0.25, 0.3) is 0 Å². The van der Waals surface area contributed by atoms with E-state index in [-0.39, 0.29) is 6.79 Å². The molecule has 2 aromatic rings. The predicted octanol–water partition coefficient (Wildman–Crippen LogP) is 5.33. The van der Waals surface area contributed by atoms with Crippen LogP contribution in [-0.2, 0) is 39.8 Å². The van der Waals surface area contributed by atoms with E-state index < -0.39 is 36.5 Å². The van der Waals surface area contributed by atoms with Crippen molar-refractivity contribution in [3.63, 3.8) is 0 Å². The van der Waals surface area contributed by atoms with Crippen molar-refractivity contribution in [3.05, 3.63) is 97.1 Å². The molecule has 2 aromatic carbocycles. The number of hydrogen-bond donors (Lipinski definition) is 0. The van der Waals surface area contributed by atoms with Crippen molar-refractivity contribution in [3.8, 4) is 0 Å². The molecule has 2 heterocycles. The third-order valence-corrected chi connectivity index (χ3v) is 6.61. The molecule has 7 heteroatoms. The van der Waals surface area contributed by atoms with Gasteiger partial charge in [-0.1, -0.05) is 72.8 Å². The van der Waals surface area contributed by atoms with Gasteiger partial charge in [-0.25, -0.2) is 0 Å². The molecule has 37 heavy (non-hydrogen) atoms. The molecule has 6 atom stereocenters. The van der Waals surface area contributed by atoms with Crippen LogP contribution in [0.4, 0.5) is 0 Å². The Bertz CT molecular complexity index is 953. The summed E-state index contributed by atoms with van der Waals surface area (Å²) in [6.45, 7) is 9.04. The number of ether oxygens (including phenoxy) is 7. The van der Waals surface area contributed by atoms with Crippen molar-refractivity contribution >= 4 is 0 Å². The van der Waals surface area contributed by atoms with Crippen LogP contribution in [0.25, 0.3) is 0 Å². The summed E-state index contributed by atoms with van der Waals surface area (Å²) in [6.07, 6.45) is 2.99. The van der Waals surface area contributed by atoms with Gasteiger partial charge < -0.3 is 33.2 Å². The standard InChI is InChI=1S/C30H38O7/c1-4-6-13-19-32-29-30(18-5-2,35-20-23-14-9-7-10-15-23)27(34-22-31-3)26-25(36-29)21-33-28(37-26)24-16-11-8-12-17-24/h4-5,7-12,14-17,25-29H,1-2,6,13,18-22H2,3H3/t25-,26+,27+,28+,29-,30+/m1/s1. The molecule has 2 aliphatic heterocycles. The van der Waals surface area contributed by atoms with Gasteiger partial charge in [0.15, 0.2) is 18.2 Å². The minimum atomic E-state index is -1.04. The van der Waals surface area contributed by atoms with Crippen LogP contribution >= 0.6 is 0 Å². The van der Waals surface area contributed by atoms with Gasteiger partial charge in [0.2, 0.25) is 0 Å². The van der Waals surface area contributed by atoms with Crippen molar-refractivity contribution in [2.75, 3.05) is 27.1 Å². The van der Waals surface area contributed by atoms with Gasteiger partial charge in [-0.2, -0.15) is 0 Å². The minimum absolute atomic E-state index is 0.0604. The summed E-state index contributed by atoms with van der Waals surface area (Å²) >= 11 is 0. The van der Waals surface area contributed by atoms with Crippen molar-refractivity contribution in [1.82, 2.24) is 0 Å². The maximum atomic E-state index is 6.72. The molecule has 0 N–H and O–H groups in total. The van der Waals surface area contributed by atoms with Crippen molar-refractivity contribution < 1.29 is 33.2 Å². The topological polar surface area (TPSA) is 64.6 Å². The number of allylic oxidation sites excluding steroid dienone is 1. The Hall–Kier alpha value is -2.36. The summed E-state index contributed by atoms with van der Waals surface area (Å²) in [5.41, 5.74) is 0.914. The first-order chi connectivity index (χ1) is 18.2. The zero-order chi connectivity index (χ0) is 25.9. The van der Waals surface area contributed by atoms with Crippen LogP contribution in [-0.4, -0.2) is 57.3 Å². The molecule has 200 valence electrons. The van der Waals surface area contributed by atoms with Crippen LogP contribution in [0.1, 0.15) is 36.7 Å². The van der Waals surface area contributed by atoms with Crippen LogP contribution in [0.3, 0.4) is 0 Å². The van der Waals surface area contributed by atoms with Gasteiger partial charge in [-0.05, 0) is 18.4 Å². The normalized spacial score (nSPS) is 29.4. The number of rotatable bonds is 14. The molecule has 0 saturated carbocycles. The van der Waals surface area contributed by atoms with E-state index in [0.717, 1.165) is 24.0 Å². The van der Waals surface area contributed by atoms with Gasteiger partial charge in [0.05, 0.1) is 19.8 Å². The number of fused-ring (bicyclic) bond motifs is 1. The summed E-state index contributed by atoms with van der Waals surface area (Å²) in [5.74, 6) is 0. The van der Waals surface area contributed by atoms with E-state index in [4.69, 9.17) is 33.2 Å². The lowest BCUT2D eigenvalue weighted by molar-refractivity contribution is -0.403. The Balaban J connectivity index is 1.66. The fourth-order valence-electron chi connectivity index (χ4n) is 4.82. The smallest absolute Gasteiger partial charge is 0.190 e. The maximum absolute atomic E-state index is 6.72. The van der Waals surface area contributed by atoms with Crippen LogP contribution < -0.4 is 0 Å². The SMILES string of the molecule is C=CCCCO[C@@H]1O[C@@H]2CO[C@H](c3ccccc3)O[C@@H]2[C@H](OCOC)[C@]1(CC=C)OCc1ccccc1. The Labute approximate surface area is 219 Å². The molecule has 0 bridgehead atoms. The average Bonchev–Trinajstić information content (AvgIpc) is 2.95. The highest BCUT2D eigenvalue weighted by atomic mass is 16.8. The second-order valence-electron chi connectivity index (χ2n) is 9.20. The molecule has 7 nitrogen and oxygen atoms in total. The first-order valence-corrected chi connectivity index (χ1v) is 12.8. The number of methoxy groups -OCH3 is 1. The van der Waals surface area contributed by atoms with Crippen LogP contribution in [0.5, 0.6) is 0 Å². The molecule has 0 radical (unpaired) electrons. The molecule has 2 aliphatic rings. The summed E-state index contributed by atoms with van der Waals surface area (Å²) in [7, 11) is 1.59. The second-order valence-corrected chi connectivity index (χ2v) is 9.20. The van der Waals surface area contributed by atoms with Crippen LogP contribution in [0, 0.1) is 0 Å². The summed E-state index contributed by atoms with van der Waals surface area (Å²) in [6, 6.07) is 19.8. The van der Waals surface area contributed by atoms with E-state index >= 15 is 0 Å². The summed E-state index contributed by atoms with van der Waals surface area (Å²) in [5, 5.41) is 0. The highest BCUT2D eigenvalue weighted by Crippen LogP contribution is 2.44. The van der Waals surface area contributed by atoms with Crippen molar-refractivity contribution in [1.29, 1.82) is 0 Å². The van der Waals surface area contributed by atoms with E-state index in [1.54, 1.807) is 7.11 Å². The molecule has 2 fully saturated rings. The zero-order valence-corrected chi connectivity index (χ0v) is 21.5. The summed E-state index contributed by atoms with van der Waals surface area (Å²) in [4.78, 5) is 0. The molecule has 0 aliphatic carbocycles. The van der Waals surface area contributed by atoms with Crippen molar-refractivity contribution in [2.24, 2.45) is 0 Å². The van der Waals surface area contributed by atoms with Gasteiger partial charge in [-0.15, -0.1) is 13.2 Å². The van der Waals surface area contributed by atoms with E-state index in [0.29, 0.717) is 26.2 Å². The maximum Gasteiger partial charge on any atom is 0.190 e. The van der Waals surface area contributed by atoms with Gasteiger partial charge in [-0.3, -0.25) is 0 Å². The van der Waals surface area contributed by atoms with Crippen LogP contribution in [0.15, 0.2) is 86.0 Å². The number of unbranched alkanes of at least 4 members (excludes halogenated alkanes) is 1. The largest absolute Gasteiger partial charge is 0.362 e. The lowest BCUT2D eigenvalue weighted by Gasteiger charge is -2.54. The molecular weight excluding hydrogens is 472 g/mol. The first kappa shape index (κ1) is 27.7. The average molecular weight is 511 g/mol. The molecule has 0 aromatic heterocycles. The zero-order valence-electron chi connectivity index (χ0n) is 21.5. The molecule has 0 spiro atoms. The van der Waals surface area contributed by atoms with E-state index in [1.165, 1.54) is 0 Å². The quantitative estimate of drug-likeness (QED) is 0.193. The molecule has 0 amide bonds.